The maximum atomic E-state index is 12.8. The van der Waals surface area contributed by atoms with Crippen molar-refractivity contribution in [3.63, 3.8) is 0 Å². The number of phosphoric acid groups is 1. The summed E-state index contributed by atoms with van der Waals surface area (Å²) in [6.07, 6.45) is 97.6. The zero-order valence-corrected chi connectivity index (χ0v) is 56.3. The molecule has 0 aromatic heterocycles. The van der Waals surface area contributed by atoms with Crippen LogP contribution in [0, 0.1) is 0 Å². The van der Waals surface area contributed by atoms with Gasteiger partial charge in [-0.15, -0.1) is 0 Å². The summed E-state index contributed by atoms with van der Waals surface area (Å²) in [4.78, 5) is 38.0. The summed E-state index contributed by atoms with van der Waals surface area (Å²) in [5.41, 5.74) is 0. The Kier molecular flexibility index (Phi) is 61.8. The molecular weight excluding hydrogens is 1090 g/mol. The van der Waals surface area contributed by atoms with E-state index in [0.717, 1.165) is 103 Å². The van der Waals surface area contributed by atoms with Crippen molar-refractivity contribution < 1.29 is 42.1 Å². The van der Waals surface area contributed by atoms with Crippen LogP contribution in [0.4, 0.5) is 0 Å². The Morgan fingerprint density at radius 1 is 0.360 bits per heavy atom. The van der Waals surface area contributed by atoms with E-state index >= 15 is 0 Å². The molecule has 0 radical (unpaired) electrons. The van der Waals surface area contributed by atoms with Crippen molar-refractivity contribution in [3.05, 3.63) is 158 Å². The van der Waals surface area contributed by atoms with Gasteiger partial charge in [-0.05, 0) is 116 Å². The fourth-order valence-electron chi connectivity index (χ4n) is 8.89. The quantitative estimate of drug-likeness (QED) is 0.0195. The summed E-state index contributed by atoms with van der Waals surface area (Å²) in [7, 11) is 1.11. The van der Waals surface area contributed by atoms with Crippen molar-refractivity contribution in [2.24, 2.45) is 0 Å². The Morgan fingerprint density at radius 2 is 0.640 bits per heavy atom. The maximum Gasteiger partial charge on any atom is 0.306 e. The summed E-state index contributed by atoms with van der Waals surface area (Å²) in [5.74, 6) is -0.907. The number of carbonyl (C=O) groups excluding carboxylic acids is 2. The van der Waals surface area contributed by atoms with Crippen molar-refractivity contribution in [3.8, 4) is 0 Å². The minimum Gasteiger partial charge on any atom is -0.756 e. The lowest BCUT2D eigenvalue weighted by Crippen LogP contribution is -2.37. The van der Waals surface area contributed by atoms with Crippen molar-refractivity contribution in [2.75, 3.05) is 47.5 Å². The summed E-state index contributed by atoms with van der Waals surface area (Å²) < 4.78 is 34.2. The van der Waals surface area contributed by atoms with Gasteiger partial charge in [-0.2, -0.15) is 0 Å². The first kappa shape index (κ1) is 81.6. The number of hydrogen-bond acceptors (Lipinski definition) is 8. The van der Waals surface area contributed by atoms with Gasteiger partial charge in [0.2, 0.25) is 0 Å². The third kappa shape index (κ3) is 68.7. The molecule has 10 heteroatoms. The topological polar surface area (TPSA) is 111 Å². The number of likely N-dealkylation sites (N-methyl/N-ethyl adjacent to an activating group) is 1. The molecule has 0 aromatic rings. The number of quaternary nitrogens is 1. The first-order valence-corrected chi connectivity index (χ1v) is 35.7. The van der Waals surface area contributed by atoms with Gasteiger partial charge >= 0.3 is 11.9 Å². The number of rotatable bonds is 61. The summed E-state index contributed by atoms with van der Waals surface area (Å²) in [6, 6.07) is 0. The summed E-state index contributed by atoms with van der Waals surface area (Å²) in [6.45, 7) is 3.95. The standard InChI is InChI=1S/C76H126NO8P/c1-6-8-10-12-14-16-18-20-22-24-26-28-30-32-34-36-37-38-39-41-42-44-46-48-50-52-54-56-58-60-62-64-66-68-75(78)82-72-74(73-84-86(80,81)83-71-70-77(3,4)5)85-76(79)69-67-65-63-61-59-57-55-53-51-49-47-45-43-40-35-33-31-29-27-25-23-21-19-17-15-13-11-9-7-2/h8-11,14-17,20-23,26-29,33,35,43,45,49,51,55,57,61,63,74H,6-7,12-13,18-19,24-25,30-32,34,36-42,44,46-48,50,52-54,56,58-60,62,64-73H2,1-5H3/b10-8-,11-9-,16-14-,17-15-,22-20-,23-21-,28-26-,29-27-,35-33-,45-43-,51-49-,57-55-,63-61-. The van der Waals surface area contributed by atoms with Crippen LogP contribution in [-0.4, -0.2) is 70.0 Å². The molecule has 9 nitrogen and oxygen atoms in total. The van der Waals surface area contributed by atoms with E-state index in [-0.39, 0.29) is 26.1 Å². The van der Waals surface area contributed by atoms with E-state index < -0.39 is 32.5 Å². The molecule has 0 aliphatic rings. The maximum absolute atomic E-state index is 12.8. The van der Waals surface area contributed by atoms with E-state index in [9.17, 15) is 19.0 Å². The monoisotopic (exact) mass is 1210 g/mol. The van der Waals surface area contributed by atoms with E-state index in [4.69, 9.17) is 18.5 Å². The van der Waals surface area contributed by atoms with Crippen molar-refractivity contribution >= 4 is 19.8 Å². The number of nitrogens with zero attached hydrogens (tertiary/aromatic N) is 1. The lowest BCUT2D eigenvalue weighted by Gasteiger charge is -2.28. The van der Waals surface area contributed by atoms with Crippen LogP contribution >= 0.6 is 7.82 Å². The fraction of sp³-hybridized carbons (Fsp3) is 0.632. The fourth-order valence-corrected chi connectivity index (χ4v) is 9.61. The first-order chi connectivity index (χ1) is 42.0. The normalized spacial score (nSPS) is 14.2. The molecule has 0 spiro atoms. The Hall–Kier alpha value is -4.37. The van der Waals surface area contributed by atoms with Gasteiger partial charge in [0.15, 0.2) is 6.10 Å². The van der Waals surface area contributed by atoms with Crippen LogP contribution in [0.2, 0.25) is 0 Å². The van der Waals surface area contributed by atoms with E-state index in [1.807, 2.05) is 27.2 Å². The minimum absolute atomic E-state index is 0.0491. The second-order valence-electron chi connectivity index (χ2n) is 23.4. The van der Waals surface area contributed by atoms with Gasteiger partial charge in [-0.25, -0.2) is 0 Å². The van der Waals surface area contributed by atoms with E-state index in [1.54, 1.807) is 0 Å². The molecule has 0 fully saturated rings. The third-order valence-electron chi connectivity index (χ3n) is 14.0. The molecular formula is C76H126NO8P. The van der Waals surface area contributed by atoms with Crippen LogP contribution in [-0.2, 0) is 32.7 Å². The number of phosphoric ester groups is 1. The van der Waals surface area contributed by atoms with Crippen molar-refractivity contribution in [2.45, 2.75) is 264 Å². The molecule has 2 unspecified atom stereocenters. The molecule has 0 aliphatic heterocycles. The second-order valence-corrected chi connectivity index (χ2v) is 24.8. The minimum atomic E-state index is -4.67. The molecule has 0 rings (SSSR count). The number of unbranched alkanes of at least 4 members (excludes halogenated alkanes) is 21. The molecule has 0 N–H and O–H groups in total. The van der Waals surface area contributed by atoms with Gasteiger partial charge < -0.3 is 27.9 Å². The van der Waals surface area contributed by atoms with Gasteiger partial charge in [0, 0.05) is 12.8 Å². The molecule has 0 aliphatic carbocycles. The average Bonchev–Trinajstić information content (AvgIpc) is 3.67. The SMILES string of the molecule is CC/C=C\C/C=C\C/C=C\C/C=C\C/C=C\C/C=C\C/C=C\C/C=C\C/C=C\CCCC(=O)OC(COC(=O)CCCCCCCCCCCCCCCCCCCCCC/C=C\C/C=C\C/C=C\C/C=C\CC)COP(=O)([O-])OCC[N+](C)(C)C. The van der Waals surface area contributed by atoms with Crippen molar-refractivity contribution in [1.29, 1.82) is 0 Å². The van der Waals surface area contributed by atoms with Crippen LogP contribution in [0.15, 0.2) is 158 Å². The number of esters is 2. The highest BCUT2D eigenvalue weighted by molar-refractivity contribution is 7.45. The van der Waals surface area contributed by atoms with Gasteiger partial charge in [-0.1, -0.05) is 287 Å². The third-order valence-corrected chi connectivity index (χ3v) is 15.0. The average molecular weight is 1210 g/mol. The number of ether oxygens (including phenoxy) is 2. The summed E-state index contributed by atoms with van der Waals surface area (Å²) >= 11 is 0. The van der Waals surface area contributed by atoms with Crippen LogP contribution in [0.1, 0.15) is 258 Å². The van der Waals surface area contributed by atoms with E-state index in [1.165, 1.54) is 116 Å². The molecule has 0 saturated carbocycles. The number of allylic oxidation sites excluding steroid dienone is 26. The Bertz CT molecular complexity index is 2010. The van der Waals surface area contributed by atoms with E-state index in [0.29, 0.717) is 23.9 Å². The zero-order valence-electron chi connectivity index (χ0n) is 55.4. The molecule has 0 heterocycles. The zero-order chi connectivity index (χ0) is 62.6. The molecule has 86 heavy (non-hydrogen) atoms. The molecule has 488 valence electrons. The van der Waals surface area contributed by atoms with Gasteiger partial charge in [0.25, 0.3) is 7.82 Å². The summed E-state index contributed by atoms with van der Waals surface area (Å²) in [5, 5.41) is 0. The van der Waals surface area contributed by atoms with Gasteiger partial charge in [0.05, 0.1) is 27.7 Å². The second kappa shape index (κ2) is 65.1. The molecule has 0 amide bonds. The van der Waals surface area contributed by atoms with Crippen LogP contribution in [0.25, 0.3) is 0 Å². The first-order valence-electron chi connectivity index (χ1n) is 34.2. The van der Waals surface area contributed by atoms with Crippen LogP contribution < -0.4 is 4.89 Å². The van der Waals surface area contributed by atoms with E-state index in [2.05, 4.69) is 166 Å². The lowest BCUT2D eigenvalue weighted by atomic mass is 10.0. The smallest absolute Gasteiger partial charge is 0.306 e. The predicted molar refractivity (Wildman–Crippen MR) is 369 cm³/mol. The molecule has 0 bridgehead atoms. The Morgan fingerprint density at radius 3 is 0.965 bits per heavy atom. The highest BCUT2D eigenvalue weighted by Crippen LogP contribution is 2.38. The Balaban J connectivity index is 4.16. The largest absolute Gasteiger partial charge is 0.756 e. The lowest BCUT2D eigenvalue weighted by molar-refractivity contribution is -0.870. The highest BCUT2D eigenvalue weighted by atomic mass is 31.2. The van der Waals surface area contributed by atoms with Crippen LogP contribution in [0.3, 0.4) is 0 Å². The molecule has 0 aromatic carbocycles. The molecule has 2 atom stereocenters. The number of carbonyl (C=O) groups is 2. The van der Waals surface area contributed by atoms with Crippen molar-refractivity contribution in [1.82, 2.24) is 0 Å². The predicted octanol–water partition coefficient (Wildman–Crippen LogP) is 21.7. The van der Waals surface area contributed by atoms with Crippen LogP contribution in [0.5, 0.6) is 0 Å². The molecule has 0 saturated heterocycles. The Labute approximate surface area is 528 Å². The number of hydrogen-bond donors (Lipinski definition) is 0. The highest BCUT2D eigenvalue weighted by Gasteiger charge is 2.22. The van der Waals surface area contributed by atoms with Gasteiger partial charge in [-0.3, -0.25) is 14.2 Å². The van der Waals surface area contributed by atoms with Gasteiger partial charge in [0.1, 0.15) is 19.8 Å².